The number of methoxy groups -OCH3 is 3. The van der Waals surface area contributed by atoms with Gasteiger partial charge in [0.25, 0.3) is 0 Å². The Morgan fingerprint density at radius 2 is 1.49 bits per heavy atom. The second-order valence-corrected chi connectivity index (χ2v) is 12.1. The zero-order valence-electron chi connectivity index (χ0n) is 24.7. The number of nitrogens with one attached hydrogen (secondary N) is 1. The zero-order valence-corrected chi connectivity index (χ0v) is 26.3. The molecule has 9 heteroatoms. The standard InChI is InChI=1S/C36H29BrN2O6/c1-43-27-18-22(19-28(44-2)34(27)45-3)32(40)30-31(33(41)21-12-15-23(37)16-13-21)39-26-11-7-4-8-20(26)14-17-29(39)36(30)24-9-5-6-10-25(24)38-35(36)42/h4-19,29-31H,1-3H3,(H,38,42)/t29-,30-,31+,36-/m0/s1. The highest BCUT2D eigenvalue weighted by Crippen LogP contribution is 2.58. The molecule has 226 valence electrons. The summed E-state index contributed by atoms with van der Waals surface area (Å²) in [5, 5.41) is 3.05. The molecule has 4 aromatic rings. The Kier molecular flexibility index (Phi) is 7.00. The summed E-state index contributed by atoms with van der Waals surface area (Å²) in [6.07, 6.45) is 3.92. The number of ether oxygens (including phenoxy) is 3. The number of nitrogens with zero attached hydrogens (tertiary/aromatic N) is 1. The Labute approximate surface area is 268 Å². The minimum atomic E-state index is -1.44. The molecule has 4 atom stereocenters. The monoisotopic (exact) mass is 664 g/mol. The minimum Gasteiger partial charge on any atom is -0.493 e. The van der Waals surface area contributed by atoms with Gasteiger partial charge in [-0.15, -0.1) is 0 Å². The van der Waals surface area contributed by atoms with Crippen LogP contribution >= 0.6 is 15.9 Å². The number of carbonyl (C=O) groups is 3. The van der Waals surface area contributed by atoms with Crippen LogP contribution in [0.5, 0.6) is 17.2 Å². The Hall–Kier alpha value is -4.89. The van der Waals surface area contributed by atoms with Gasteiger partial charge in [-0.1, -0.05) is 76.6 Å². The SMILES string of the molecule is COc1cc(C(=O)[C@@H]2[C@H](C(=O)c3ccc(Br)cc3)N3c4ccccc4C=C[C@H]3[C@]23C(=O)Nc2ccccc23)cc(OC)c1OC. The van der Waals surface area contributed by atoms with Gasteiger partial charge in [0.05, 0.1) is 33.3 Å². The molecule has 1 N–H and O–H groups in total. The van der Waals surface area contributed by atoms with Crippen molar-refractivity contribution < 1.29 is 28.6 Å². The van der Waals surface area contributed by atoms with Crippen LogP contribution in [0.2, 0.25) is 0 Å². The molecule has 45 heavy (non-hydrogen) atoms. The summed E-state index contributed by atoms with van der Waals surface area (Å²) < 4.78 is 17.5. The van der Waals surface area contributed by atoms with E-state index in [1.54, 1.807) is 36.4 Å². The molecule has 3 aliphatic rings. The number of hydrogen-bond acceptors (Lipinski definition) is 7. The molecular weight excluding hydrogens is 636 g/mol. The highest BCUT2D eigenvalue weighted by molar-refractivity contribution is 9.10. The van der Waals surface area contributed by atoms with Crippen LogP contribution < -0.4 is 24.4 Å². The van der Waals surface area contributed by atoms with E-state index in [2.05, 4.69) is 21.2 Å². The molecule has 7 rings (SSSR count). The van der Waals surface area contributed by atoms with Crippen molar-refractivity contribution in [1.29, 1.82) is 0 Å². The average molecular weight is 666 g/mol. The van der Waals surface area contributed by atoms with E-state index in [0.717, 1.165) is 15.7 Å². The van der Waals surface area contributed by atoms with Crippen molar-refractivity contribution in [3.63, 3.8) is 0 Å². The predicted octanol–water partition coefficient (Wildman–Crippen LogP) is 6.33. The van der Waals surface area contributed by atoms with E-state index < -0.39 is 29.2 Å². The van der Waals surface area contributed by atoms with Crippen molar-refractivity contribution >= 4 is 50.9 Å². The molecule has 0 aromatic heterocycles. The van der Waals surface area contributed by atoms with E-state index in [1.165, 1.54) is 21.3 Å². The number of fused-ring (bicyclic) bond motifs is 6. The number of halogens is 1. The smallest absolute Gasteiger partial charge is 0.238 e. The van der Waals surface area contributed by atoms with Gasteiger partial charge in [0.1, 0.15) is 11.5 Å². The first-order valence-electron chi connectivity index (χ1n) is 14.5. The van der Waals surface area contributed by atoms with Crippen LogP contribution in [0.1, 0.15) is 31.8 Å². The molecule has 3 heterocycles. The van der Waals surface area contributed by atoms with Crippen LogP contribution in [0.3, 0.4) is 0 Å². The van der Waals surface area contributed by atoms with Gasteiger partial charge in [0.15, 0.2) is 23.1 Å². The van der Waals surface area contributed by atoms with Gasteiger partial charge in [0, 0.05) is 27.0 Å². The first-order chi connectivity index (χ1) is 21.8. The number of hydrogen-bond donors (Lipinski definition) is 1. The largest absolute Gasteiger partial charge is 0.493 e. The maximum Gasteiger partial charge on any atom is 0.238 e. The quantitative estimate of drug-likeness (QED) is 0.231. The average Bonchev–Trinajstić information content (AvgIpc) is 3.55. The summed E-state index contributed by atoms with van der Waals surface area (Å²) in [6.45, 7) is 0. The lowest BCUT2D eigenvalue weighted by atomic mass is 9.64. The van der Waals surface area contributed by atoms with E-state index in [1.807, 2.05) is 65.6 Å². The third-order valence-electron chi connectivity index (χ3n) is 9.17. The van der Waals surface area contributed by atoms with Gasteiger partial charge < -0.3 is 24.4 Å². The summed E-state index contributed by atoms with van der Waals surface area (Å²) in [6, 6.07) is 23.7. The van der Waals surface area contributed by atoms with E-state index in [9.17, 15) is 9.59 Å². The number of para-hydroxylation sites is 2. The summed E-state index contributed by atoms with van der Waals surface area (Å²) in [5.74, 6) is -1.21. The number of amides is 1. The first kappa shape index (κ1) is 28.9. The summed E-state index contributed by atoms with van der Waals surface area (Å²) in [7, 11) is 4.44. The molecule has 0 radical (unpaired) electrons. The van der Waals surface area contributed by atoms with Crippen molar-refractivity contribution in [2.75, 3.05) is 31.5 Å². The molecule has 0 bridgehead atoms. The molecule has 0 aliphatic carbocycles. The van der Waals surface area contributed by atoms with Crippen LogP contribution in [-0.2, 0) is 10.2 Å². The fourth-order valence-electron chi connectivity index (χ4n) is 7.31. The maximum atomic E-state index is 15.2. The molecule has 0 saturated carbocycles. The van der Waals surface area contributed by atoms with Crippen molar-refractivity contribution in [1.82, 2.24) is 0 Å². The summed E-state index contributed by atoms with van der Waals surface area (Å²) in [4.78, 5) is 46.6. The lowest BCUT2D eigenvalue weighted by Gasteiger charge is -2.37. The summed E-state index contributed by atoms with van der Waals surface area (Å²) >= 11 is 3.46. The first-order valence-corrected chi connectivity index (χ1v) is 15.2. The van der Waals surface area contributed by atoms with E-state index in [0.29, 0.717) is 34.1 Å². The number of ketones is 2. The summed E-state index contributed by atoms with van der Waals surface area (Å²) in [5.41, 5.74) is 2.19. The van der Waals surface area contributed by atoms with E-state index >= 15 is 4.79 Å². The maximum absolute atomic E-state index is 15.2. The molecule has 0 unspecified atom stereocenters. The Balaban J connectivity index is 1.53. The Morgan fingerprint density at radius 1 is 0.822 bits per heavy atom. The number of rotatable bonds is 7. The number of anilines is 2. The number of Topliss-reactive ketones (excluding diaryl/α,β-unsaturated/α-hetero) is 2. The molecule has 8 nitrogen and oxygen atoms in total. The fraction of sp³-hybridized carbons (Fsp3) is 0.194. The van der Waals surface area contributed by atoms with Crippen LogP contribution in [-0.4, -0.2) is 50.9 Å². The van der Waals surface area contributed by atoms with Gasteiger partial charge in [-0.2, -0.15) is 0 Å². The van der Waals surface area contributed by atoms with Gasteiger partial charge in [0.2, 0.25) is 11.7 Å². The normalized spacial score (nSPS) is 22.4. The van der Waals surface area contributed by atoms with Crippen LogP contribution in [0.15, 0.2) is 95.5 Å². The van der Waals surface area contributed by atoms with Crippen molar-refractivity contribution in [2.24, 2.45) is 5.92 Å². The van der Waals surface area contributed by atoms with Crippen molar-refractivity contribution in [3.05, 3.63) is 118 Å². The Morgan fingerprint density at radius 3 is 2.18 bits per heavy atom. The predicted molar refractivity (Wildman–Crippen MR) is 175 cm³/mol. The molecule has 4 aromatic carbocycles. The van der Waals surface area contributed by atoms with Crippen LogP contribution in [0.4, 0.5) is 11.4 Å². The van der Waals surface area contributed by atoms with Gasteiger partial charge in [-0.05, 0) is 47.5 Å². The molecule has 3 aliphatic heterocycles. The second-order valence-electron chi connectivity index (χ2n) is 11.2. The topological polar surface area (TPSA) is 94.2 Å². The Bertz CT molecular complexity index is 1880. The second kappa shape index (κ2) is 10.9. The van der Waals surface area contributed by atoms with Gasteiger partial charge >= 0.3 is 0 Å². The molecule has 1 spiro atoms. The van der Waals surface area contributed by atoms with Crippen molar-refractivity contribution in [2.45, 2.75) is 17.5 Å². The molecular formula is C36H29BrN2O6. The lowest BCUT2D eigenvalue weighted by molar-refractivity contribution is -0.121. The van der Waals surface area contributed by atoms with Crippen LogP contribution in [0.25, 0.3) is 6.08 Å². The van der Waals surface area contributed by atoms with Gasteiger partial charge in [-0.3, -0.25) is 14.4 Å². The highest BCUT2D eigenvalue weighted by atomic mass is 79.9. The zero-order chi connectivity index (χ0) is 31.5. The van der Waals surface area contributed by atoms with Gasteiger partial charge in [-0.25, -0.2) is 0 Å². The lowest BCUT2D eigenvalue weighted by Crippen LogP contribution is -2.51. The fourth-order valence-corrected chi connectivity index (χ4v) is 7.57. The molecule has 1 fully saturated rings. The van der Waals surface area contributed by atoms with Crippen LogP contribution in [0, 0.1) is 5.92 Å². The molecule has 1 saturated heterocycles. The third kappa shape index (κ3) is 4.14. The van der Waals surface area contributed by atoms with E-state index in [4.69, 9.17) is 14.2 Å². The molecule has 1 amide bonds. The third-order valence-corrected chi connectivity index (χ3v) is 9.70. The van der Waals surface area contributed by atoms with E-state index in [-0.39, 0.29) is 17.3 Å². The number of benzene rings is 4. The van der Waals surface area contributed by atoms with Crippen molar-refractivity contribution in [3.8, 4) is 17.2 Å². The highest BCUT2D eigenvalue weighted by Gasteiger charge is 2.70. The number of carbonyl (C=O) groups excluding carboxylic acids is 3. The minimum absolute atomic E-state index is 0.233.